The molecule has 1 heterocycles. The van der Waals surface area contributed by atoms with E-state index >= 15 is 0 Å². The topological polar surface area (TPSA) is 78.9 Å². The first-order valence-electron chi connectivity index (χ1n) is 4.81. The van der Waals surface area contributed by atoms with E-state index in [2.05, 4.69) is 15.2 Å². The van der Waals surface area contributed by atoms with Crippen LogP contribution in [0.5, 0.6) is 0 Å². The second kappa shape index (κ2) is 2.34. The fourth-order valence-corrected chi connectivity index (χ4v) is 2.69. The number of aromatic amines is 1. The molecule has 0 spiro atoms. The van der Waals surface area contributed by atoms with Crippen molar-refractivity contribution in [3.63, 3.8) is 0 Å². The molecule has 2 fully saturated rings. The normalized spacial score (nSPS) is 39.4. The molecule has 74 valence electrons. The van der Waals surface area contributed by atoms with Crippen LogP contribution in [0.25, 0.3) is 0 Å². The molecule has 14 heavy (non-hydrogen) atoms. The zero-order chi connectivity index (χ0) is 9.76. The Hall–Kier alpha value is -1.39. The lowest BCUT2D eigenvalue weighted by Crippen LogP contribution is -2.35. The summed E-state index contributed by atoms with van der Waals surface area (Å²) in [6, 6.07) is 0. The van der Waals surface area contributed by atoms with Crippen molar-refractivity contribution in [2.75, 3.05) is 0 Å². The number of carboxylic acids is 1. The van der Waals surface area contributed by atoms with Gasteiger partial charge in [-0.15, -0.1) is 0 Å². The first kappa shape index (κ1) is 7.96. The molecule has 0 aromatic carbocycles. The summed E-state index contributed by atoms with van der Waals surface area (Å²) in [5.74, 6) is 0.978. The van der Waals surface area contributed by atoms with Gasteiger partial charge in [0.2, 0.25) is 0 Å². The third-order valence-electron chi connectivity index (χ3n) is 3.57. The van der Waals surface area contributed by atoms with Gasteiger partial charge < -0.3 is 5.11 Å². The van der Waals surface area contributed by atoms with Gasteiger partial charge in [0.25, 0.3) is 0 Å². The highest BCUT2D eigenvalue weighted by atomic mass is 16.4. The summed E-state index contributed by atoms with van der Waals surface area (Å²) in [7, 11) is 0. The molecule has 1 aromatic rings. The predicted octanol–water partition coefficient (Wildman–Crippen LogP) is 0.557. The summed E-state index contributed by atoms with van der Waals surface area (Å²) in [6.07, 6.45) is 4.03. The number of aliphatic carboxylic acids is 1. The molecule has 2 unspecified atom stereocenters. The molecule has 2 aliphatic rings. The van der Waals surface area contributed by atoms with Gasteiger partial charge in [-0.1, -0.05) is 0 Å². The summed E-state index contributed by atoms with van der Waals surface area (Å²) in [5, 5.41) is 15.7. The Balaban J connectivity index is 2.01. The lowest BCUT2D eigenvalue weighted by molar-refractivity contribution is -0.144. The molecule has 2 saturated carbocycles. The van der Waals surface area contributed by atoms with Crippen LogP contribution in [0.15, 0.2) is 6.33 Å². The summed E-state index contributed by atoms with van der Waals surface area (Å²) in [4.78, 5) is 15.3. The van der Waals surface area contributed by atoms with E-state index in [0.29, 0.717) is 17.7 Å². The minimum absolute atomic E-state index is 0.525. The molecule has 0 aliphatic heterocycles. The Morgan fingerprint density at radius 1 is 1.57 bits per heavy atom. The molecule has 0 saturated heterocycles. The molecule has 0 bridgehead atoms. The van der Waals surface area contributed by atoms with Gasteiger partial charge >= 0.3 is 5.97 Å². The number of nitrogens with one attached hydrogen (secondary N) is 1. The van der Waals surface area contributed by atoms with Crippen molar-refractivity contribution in [1.82, 2.24) is 15.2 Å². The van der Waals surface area contributed by atoms with Crippen LogP contribution >= 0.6 is 0 Å². The molecule has 0 amide bonds. The van der Waals surface area contributed by atoms with Gasteiger partial charge in [0.1, 0.15) is 17.6 Å². The molecule has 2 N–H and O–H groups in total. The number of fused-ring (bicyclic) bond motifs is 1. The number of hydrogen-bond acceptors (Lipinski definition) is 3. The van der Waals surface area contributed by atoms with Crippen LogP contribution in [0.3, 0.4) is 0 Å². The van der Waals surface area contributed by atoms with Crippen molar-refractivity contribution < 1.29 is 9.90 Å². The highest BCUT2D eigenvalue weighted by molar-refractivity contribution is 5.81. The number of hydrogen-bond donors (Lipinski definition) is 2. The van der Waals surface area contributed by atoms with Crippen LogP contribution in [0.1, 0.15) is 25.1 Å². The molecule has 2 aliphatic carbocycles. The van der Waals surface area contributed by atoms with Gasteiger partial charge in [-0.2, -0.15) is 5.10 Å². The second-order valence-electron chi connectivity index (χ2n) is 4.39. The van der Waals surface area contributed by atoms with Crippen molar-refractivity contribution in [3.8, 4) is 0 Å². The smallest absolute Gasteiger partial charge is 0.317 e. The van der Waals surface area contributed by atoms with E-state index in [1.807, 2.05) is 0 Å². The molecule has 5 nitrogen and oxygen atoms in total. The Kier molecular flexibility index (Phi) is 1.33. The Morgan fingerprint density at radius 3 is 2.79 bits per heavy atom. The van der Waals surface area contributed by atoms with Gasteiger partial charge in [-0.3, -0.25) is 9.89 Å². The number of carboxylic acid groups (broad SMARTS) is 1. The summed E-state index contributed by atoms with van der Waals surface area (Å²) < 4.78 is 0. The molecular weight excluding hydrogens is 182 g/mol. The summed E-state index contributed by atoms with van der Waals surface area (Å²) in [6.45, 7) is 0. The lowest BCUT2D eigenvalue weighted by Gasteiger charge is -2.22. The molecule has 2 atom stereocenters. The van der Waals surface area contributed by atoms with E-state index in [0.717, 1.165) is 12.8 Å². The van der Waals surface area contributed by atoms with Crippen molar-refractivity contribution in [2.24, 2.45) is 11.8 Å². The maximum Gasteiger partial charge on any atom is 0.317 e. The monoisotopic (exact) mass is 193 g/mol. The lowest BCUT2D eigenvalue weighted by atomic mass is 9.82. The van der Waals surface area contributed by atoms with Gasteiger partial charge in [0.05, 0.1) is 0 Å². The zero-order valence-electron chi connectivity index (χ0n) is 7.60. The molecule has 1 aromatic heterocycles. The number of aromatic nitrogens is 3. The summed E-state index contributed by atoms with van der Waals surface area (Å²) in [5.41, 5.74) is -0.774. The third-order valence-corrected chi connectivity index (χ3v) is 3.57. The first-order valence-corrected chi connectivity index (χ1v) is 4.81. The van der Waals surface area contributed by atoms with Gasteiger partial charge in [0.15, 0.2) is 0 Å². The summed E-state index contributed by atoms with van der Waals surface area (Å²) >= 11 is 0. The third kappa shape index (κ3) is 0.867. The number of nitrogens with zero attached hydrogens (tertiary/aromatic N) is 2. The highest BCUT2D eigenvalue weighted by Gasteiger charge is 2.59. The van der Waals surface area contributed by atoms with E-state index < -0.39 is 11.4 Å². The van der Waals surface area contributed by atoms with Crippen LogP contribution < -0.4 is 0 Å². The van der Waals surface area contributed by atoms with Gasteiger partial charge in [0, 0.05) is 0 Å². The van der Waals surface area contributed by atoms with Gasteiger partial charge in [-0.05, 0) is 31.1 Å². The van der Waals surface area contributed by atoms with E-state index in [9.17, 15) is 9.90 Å². The van der Waals surface area contributed by atoms with Crippen molar-refractivity contribution in [3.05, 3.63) is 12.2 Å². The standard InChI is InChI=1S/C9H11N3O2/c13-8(14)9(7-10-4-11-12-7)2-5-1-6(5)3-9/h4-6H,1-3H2,(H,13,14)(H,10,11,12). The SMILES string of the molecule is O=C(O)C1(c2ncn[nH]2)CC2CC2C1. The van der Waals surface area contributed by atoms with Gasteiger partial charge in [-0.25, -0.2) is 4.98 Å². The molecule has 0 radical (unpaired) electrons. The largest absolute Gasteiger partial charge is 0.480 e. The fraction of sp³-hybridized carbons (Fsp3) is 0.667. The minimum Gasteiger partial charge on any atom is -0.480 e. The Bertz CT molecular complexity index is 363. The Morgan fingerprint density at radius 2 is 2.29 bits per heavy atom. The van der Waals surface area contributed by atoms with Crippen LogP contribution in [-0.2, 0) is 10.2 Å². The number of H-pyrrole nitrogens is 1. The van der Waals surface area contributed by atoms with E-state index in [-0.39, 0.29) is 0 Å². The maximum atomic E-state index is 11.3. The van der Waals surface area contributed by atoms with Crippen LogP contribution in [0.4, 0.5) is 0 Å². The zero-order valence-corrected chi connectivity index (χ0v) is 7.60. The van der Waals surface area contributed by atoms with Crippen molar-refractivity contribution in [1.29, 1.82) is 0 Å². The molecule has 5 heteroatoms. The number of carbonyl (C=O) groups is 1. The van der Waals surface area contributed by atoms with Crippen molar-refractivity contribution >= 4 is 5.97 Å². The van der Waals surface area contributed by atoms with Crippen LogP contribution in [0, 0.1) is 11.8 Å². The fourth-order valence-electron chi connectivity index (χ4n) is 2.69. The molecule has 3 rings (SSSR count). The average Bonchev–Trinajstić information content (AvgIpc) is 2.68. The number of rotatable bonds is 2. The van der Waals surface area contributed by atoms with Crippen LogP contribution in [0.2, 0.25) is 0 Å². The van der Waals surface area contributed by atoms with E-state index in [1.54, 1.807) is 0 Å². The Labute approximate surface area is 80.5 Å². The van der Waals surface area contributed by atoms with Crippen molar-refractivity contribution in [2.45, 2.75) is 24.7 Å². The second-order valence-corrected chi connectivity index (χ2v) is 4.39. The average molecular weight is 193 g/mol. The van der Waals surface area contributed by atoms with Crippen LogP contribution in [-0.4, -0.2) is 26.3 Å². The molecular formula is C9H11N3O2. The minimum atomic E-state index is -0.774. The highest BCUT2D eigenvalue weighted by Crippen LogP contribution is 2.59. The van der Waals surface area contributed by atoms with E-state index in [4.69, 9.17) is 0 Å². The first-order chi connectivity index (χ1) is 6.72. The maximum absolute atomic E-state index is 11.3. The predicted molar refractivity (Wildman–Crippen MR) is 46.5 cm³/mol. The quantitative estimate of drug-likeness (QED) is 0.719. The van der Waals surface area contributed by atoms with E-state index in [1.165, 1.54) is 12.7 Å².